The van der Waals surface area contributed by atoms with E-state index in [2.05, 4.69) is 17.4 Å². The lowest BCUT2D eigenvalue weighted by atomic mass is 9.95. The van der Waals surface area contributed by atoms with Crippen LogP contribution in [0.5, 0.6) is 5.75 Å². The van der Waals surface area contributed by atoms with Crippen LogP contribution in [0.25, 0.3) is 0 Å². The van der Waals surface area contributed by atoms with Crippen LogP contribution in [0.3, 0.4) is 0 Å². The highest BCUT2D eigenvalue weighted by atomic mass is 16.5. The van der Waals surface area contributed by atoms with Gasteiger partial charge in [-0.1, -0.05) is 72.8 Å². The minimum absolute atomic E-state index is 0.199. The molecule has 0 aliphatic carbocycles. The van der Waals surface area contributed by atoms with E-state index in [0.717, 1.165) is 16.9 Å². The molecule has 0 spiro atoms. The summed E-state index contributed by atoms with van der Waals surface area (Å²) in [6.45, 7) is 0.688. The van der Waals surface area contributed by atoms with Crippen molar-refractivity contribution in [2.24, 2.45) is 0 Å². The number of aliphatic hydroxyl groups excluding tert-OH is 1. The molecule has 3 heteroatoms. The maximum absolute atomic E-state index is 11.0. The first kappa shape index (κ1) is 17.2. The van der Waals surface area contributed by atoms with Gasteiger partial charge in [0.25, 0.3) is 0 Å². The van der Waals surface area contributed by atoms with Gasteiger partial charge in [0.1, 0.15) is 5.75 Å². The normalized spacial score (nSPS) is 13.2. The van der Waals surface area contributed by atoms with Crippen LogP contribution in [-0.2, 0) is 6.54 Å². The molecule has 0 aliphatic rings. The first-order valence-corrected chi connectivity index (χ1v) is 8.42. The van der Waals surface area contributed by atoms with Gasteiger partial charge in [-0.25, -0.2) is 0 Å². The molecule has 0 fully saturated rings. The van der Waals surface area contributed by atoms with Crippen molar-refractivity contribution in [3.8, 4) is 5.75 Å². The molecule has 2 N–H and O–H groups in total. The van der Waals surface area contributed by atoms with Gasteiger partial charge in [0.2, 0.25) is 0 Å². The molecular formula is C22H23NO2. The minimum atomic E-state index is -0.656. The van der Waals surface area contributed by atoms with Crippen molar-refractivity contribution < 1.29 is 9.84 Å². The van der Waals surface area contributed by atoms with Crippen LogP contribution in [0.1, 0.15) is 28.8 Å². The van der Waals surface area contributed by atoms with Gasteiger partial charge < -0.3 is 15.2 Å². The van der Waals surface area contributed by atoms with E-state index in [1.54, 1.807) is 7.11 Å². The Kier molecular flexibility index (Phi) is 5.83. The summed E-state index contributed by atoms with van der Waals surface area (Å²) in [6, 6.07) is 27.6. The maximum Gasteiger partial charge on any atom is 0.118 e. The third-order valence-electron chi connectivity index (χ3n) is 4.30. The molecule has 3 aromatic carbocycles. The molecule has 25 heavy (non-hydrogen) atoms. The minimum Gasteiger partial charge on any atom is -0.497 e. The Morgan fingerprint density at radius 2 is 1.40 bits per heavy atom. The summed E-state index contributed by atoms with van der Waals surface area (Å²) in [6.07, 6.45) is -0.656. The second-order valence-electron chi connectivity index (χ2n) is 5.97. The van der Waals surface area contributed by atoms with Crippen molar-refractivity contribution in [2.75, 3.05) is 7.11 Å². The SMILES string of the molecule is COc1ccc([C@H](O)[C@@H](NCc2ccccc2)c2ccccc2)cc1. The number of benzene rings is 3. The molecule has 2 atom stereocenters. The zero-order chi connectivity index (χ0) is 17.5. The van der Waals surface area contributed by atoms with Gasteiger partial charge in [0.05, 0.1) is 19.3 Å². The Morgan fingerprint density at radius 1 is 0.800 bits per heavy atom. The molecule has 0 bridgehead atoms. The maximum atomic E-state index is 11.0. The number of nitrogens with one attached hydrogen (secondary N) is 1. The quantitative estimate of drug-likeness (QED) is 0.679. The lowest BCUT2D eigenvalue weighted by Crippen LogP contribution is -2.27. The van der Waals surface area contributed by atoms with Crippen molar-refractivity contribution in [3.05, 3.63) is 102 Å². The highest BCUT2D eigenvalue weighted by molar-refractivity contribution is 5.31. The Balaban J connectivity index is 1.82. The molecule has 3 nitrogen and oxygen atoms in total. The van der Waals surface area contributed by atoms with Gasteiger partial charge in [-0.2, -0.15) is 0 Å². The lowest BCUT2D eigenvalue weighted by molar-refractivity contribution is 0.127. The van der Waals surface area contributed by atoms with E-state index in [-0.39, 0.29) is 6.04 Å². The summed E-state index contributed by atoms with van der Waals surface area (Å²) in [5.74, 6) is 0.782. The Labute approximate surface area is 148 Å². The van der Waals surface area contributed by atoms with Crippen LogP contribution in [0.4, 0.5) is 0 Å². The first-order chi connectivity index (χ1) is 12.3. The van der Waals surface area contributed by atoms with E-state index >= 15 is 0 Å². The number of hydrogen-bond acceptors (Lipinski definition) is 3. The van der Waals surface area contributed by atoms with E-state index in [1.165, 1.54) is 5.56 Å². The molecule has 0 saturated heterocycles. The molecule has 0 aromatic heterocycles. The summed E-state index contributed by atoms with van der Waals surface area (Å²) in [5.41, 5.74) is 3.10. The van der Waals surface area contributed by atoms with Crippen molar-refractivity contribution in [1.29, 1.82) is 0 Å². The monoisotopic (exact) mass is 333 g/mol. The topological polar surface area (TPSA) is 41.5 Å². The van der Waals surface area contributed by atoms with Crippen LogP contribution in [0, 0.1) is 0 Å². The number of rotatable bonds is 7. The van der Waals surface area contributed by atoms with Crippen LogP contribution in [-0.4, -0.2) is 12.2 Å². The van der Waals surface area contributed by atoms with Gasteiger partial charge in [-0.3, -0.25) is 0 Å². The zero-order valence-corrected chi connectivity index (χ0v) is 14.3. The molecule has 0 amide bonds. The lowest BCUT2D eigenvalue weighted by Gasteiger charge is -2.25. The van der Waals surface area contributed by atoms with Gasteiger partial charge >= 0.3 is 0 Å². The number of aliphatic hydroxyl groups is 1. The summed E-state index contributed by atoms with van der Waals surface area (Å²) < 4.78 is 5.20. The smallest absolute Gasteiger partial charge is 0.118 e. The molecule has 0 heterocycles. The average Bonchev–Trinajstić information content (AvgIpc) is 2.69. The Bertz CT molecular complexity index is 757. The standard InChI is InChI=1S/C22H23NO2/c1-25-20-14-12-19(13-15-20)22(24)21(18-10-6-3-7-11-18)23-16-17-8-4-2-5-9-17/h2-15,21-24H,16H2,1H3/t21-,22-/m0/s1. The van der Waals surface area contributed by atoms with Crippen molar-refractivity contribution in [1.82, 2.24) is 5.32 Å². The summed E-state index contributed by atoms with van der Waals surface area (Å²) in [4.78, 5) is 0. The van der Waals surface area contributed by atoms with Crippen LogP contribution in [0.2, 0.25) is 0 Å². The average molecular weight is 333 g/mol. The largest absolute Gasteiger partial charge is 0.497 e. The predicted octanol–water partition coefficient (Wildman–Crippen LogP) is 4.26. The van der Waals surface area contributed by atoms with E-state index in [4.69, 9.17) is 4.74 Å². The Morgan fingerprint density at radius 3 is 2.00 bits per heavy atom. The predicted molar refractivity (Wildman–Crippen MR) is 100 cm³/mol. The first-order valence-electron chi connectivity index (χ1n) is 8.42. The molecule has 0 saturated carbocycles. The second kappa shape index (κ2) is 8.47. The fourth-order valence-electron chi connectivity index (χ4n) is 2.89. The van der Waals surface area contributed by atoms with Gasteiger partial charge in [-0.05, 0) is 28.8 Å². The molecule has 3 aromatic rings. The van der Waals surface area contributed by atoms with Crippen LogP contribution < -0.4 is 10.1 Å². The number of methoxy groups -OCH3 is 1. The summed E-state index contributed by atoms with van der Waals surface area (Å²) >= 11 is 0. The van der Waals surface area contributed by atoms with Crippen LogP contribution >= 0.6 is 0 Å². The van der Waals surface area contributed by atoms with Crippen LogP contribution in [0.15, 0.2) is 84.9 Å². The molecule has 128 valence electrons. The van der Waals surface area contributed by atoms with E-state index in [9.17, 15) is 5.11 Å². The van der Waals surface area contributed by atoms with Gasteiger partial charge in [0, 0.05) is 6.54 Å². The third-order valence-corrected chi connectivity index (χ3v) is 4.30. The fourth-order valence-corrected chi connectivity index (χ4v) is 2.89. The highest BCUT2D eigenvalue weighted by Gasteiger charge is 2.22. The van der Waals surface area contributed by atoms with Gasteiger partial charge in [0.15, 0.2) is 0 Å². The zero-order valence-electron chi connectivity index (χ0n) is 14.3. The highest BCUT2D eigenvalue weighted by Crippen LogP contribution is 2.30. The summed E-state index contributed by atoms with van der Waals surface area (Å²) in [7, 11) is 1.64. The second-order valence-corrected chi connectivity index (χ2v) is 5.97. The van der Waals surface area contributed by atoms with Crippen molar-refractivity contribution in [3.63, 3.8) is 0 Å². The Hall–Kier alpha value is -2.62. The van der Waals surface area contributed by atoms with E-state index in [1.807, 2.05) is 72.8 Å². The molecule has 3 rings (SSSR count). The molecular weight excluding hydrogens is 310 g/mol. The number of hydrogen-bond donors (Lipinski definition) is 2. The molecule has 0 aliphatic heterocycles. The number of ether oxygens (including phenoxy) is 1. The molecule has 0 unspecified atom stereocenters. The fraction of sp³-hybridized carbons (Fsp3) is 0.182. The van der Waals surface area contributed by atoms with Gasteiger partial charge in [-0.15, -0.1) is 0 Å². The van der Waals surface area contributed by atoms with E-state index < -0.39 is 6.10 Å². The van der Waals surface area contributed by atoms with E-state index in [0.29, 0.717) is 6.54 Å². The third kappa shape index (κ3) is 4.47. The van der Waals surface area contributed by atoms with Crippen molar-refractivity contribution in [2.45, 2.75) is 18.7 Å². The van der Waals surface area contributed by atoms with Crippen molar-refractivity contribution >= 4 is 0 Å². The molecule has 0 radical (unpaired) electrons. The summed E-state index contributed by atoms with van der Waals surface area (Å²) in [5, 5.41) is 14.5.